The minimum absolute atomic E-state index is 0.315. The maximum Gasteiger partial charge on any atom is 0.166 e. The van der Waals surface area contributed by atoms with Gasteiger partial charge in [-0.25, -0.2) is 19.3 Å². The van der Waals surface area contributed by atoms with Crippen molar-refractivity contribution in [1.82, 2.24) is 19.5 Å². The molecule has 2 heterocycles. The van der Waals surface area contributed by atoms with Gasteiger partial charge in [-0.15, -0.1) is 0 Å². The number of rotatable bonds is 2. The number of nitrogen functional groups attached to an aromatic ring is 1. The lowest BCUT2D eigenvalue weighted by Gasteiger charge is -2.27. The average molecular weight is 325 g/mol. The number of nitrogens with zero attached hydrogens (tertiary/aromatic N) is 4. The molecule has 0 radical (unpaired) electrons. The van der Waals surface area contributed by atoms with Crippen LogP contribution in [-0.2, 0) is 0 Å². The van der Waals surface area contributed by atoms with Gasteiger partial charge >= 0.3 is 0 Å². The molecule has 0 aliphatic heterocycles. The zero-order chi connectivity index (χ0) is 16.7. The second-order valence-corrected chi connectivity index (χ2v) is 6.68. The molecule has 5 nitrogen and oxygen atoms in total. The summed E-state index contributed by atoms with van der Waals surface area (Å²) >= 11 is 0. The molecule has 6 heteroatoms. The zero-order valence-corrected chi connectivity index (χ0v) is 13.6. The van der Waals surface area contributed by atoms with Crippen LogP contribution in [0.2, 0.25) is 0 Å². The molecular formula is C18H20FN5. The molecule has 124 valence electrons. The monoisotopic (exact) mass is 325 g/mol. The zero-order valence-electron chi connectivity index (χ0n) is 13.6. The molecule has 0 saturated heterocycles. The molecular weight excluding hydrogens is 305 g/mol. The van der Waals surface area contributed by atoms with E-state index < -0.39 is 0 Å². The third-order valence-electron chi connectivity index (χ3n) is 4.91. The fraction of sp³-hybridized carbons (Fsp3) is 0.389. The quantitative estimate of drug-likeness (QED) is 0.774. The van der Waals surface area contributed by atoms with E-state index in [1.54, 1.807) is 12.1 Å². The van der Waals surface area contributed by atoms with E-state index in [-0.39, 0.29) is 5.82 Å². The highest BCUT2D eigenvalue weighted by Gasteiger charge is 2.23. The number of nitrogens with two attached hydrogens (primary N) is 1. The van der Waals surface area contributed by atoms with Crippen LogP contribution in [0.15, 0.2) is 30.6 Å². The van der Waals surface area contributed by atoms with Gasteiger partial charge in [0.1, 0.15) is 11.3 Å². The smallest absolute Gasteiger partial charge is 0.166 e. The topological polar surface area (TPSA) is 69.6 Å². The number of fused-ring (bicyclic) bond motifs is 1. The Morgan fingerprint density at radius 2 is 1.96 bits per heavy atom. The summed E-state index contributed by atoms with van der Waals surface area (Å²) in [7, 11) is 0. The molecule has 1 fully saturated rings. The molecule has 1 aliphatic carbocycles. The van der Waals surface area contributed by atoms with Crippen molar-refractivity contribution >= 4 is 17.0 Å². The fourth-order valence-electron chi connectivity index (χ4n) is 3.48. The van der Waals surface area contributed by atoms with E-state index in [2.05, 4.69) is 26.4 Å². The van der Waals surface area contributed by atoms with Gasteiger partial charge in [-0.3, -0.25) is 0 Å². The molecule has 1 aromatic carbocycles. The molecule has 0 spiro atoms. The summed E-state index contributed by atoms with van der Waals surface area (Å²) in [6.45, 7) is 2.30. The first kappa shape index (κ1) is 15.1. The van der Waals surface area contributed by atoms with E-state index >= 15 is 0 Å². The highest BCUT2D eigenvalue weighted by Crippen LogP contribution is 2.34. The Morgan fingerprint density at radius 1 is 1.17 bits per heavy atom. The lowest BCUT2D eigenvalue weighted by Crippen LogP contribution is -2.16. The summed E-state index contributed by atoms with van der Waals surface area (Å²) in [6, 6.07) is 6.64. The van der Waals surface area contributed by atoms with E-state index in [0.29, 0.717) is 28.8 Å². The Kier molecular flexibility index (Phi) is 3.67. The second-order valence-electron chi connectivity index (χ2n) is 6.68. The Morgan fingerprint density at radius 3 is 2.71 bits per heavy atom. The van der Waals surface area contributed by atoms with Crippen molar-refractivity contribution in [1.29, 1.82) is 0 Å². The fourth-order valence-corrected chi connectivity index (χ4v) is 3.48. The molecule has 0 bridgehead atoms. The van der Waals surface area contributed by atoms with Gasteiger partial charge in [-0.1, -0.05) is 19.1 Å². The summed E-state index contributed by atoms with van der Waals surface area (Å²) in [5.41, 5.74) is 8.05. The van der Waals surface area contributed by atoms with Gasteiger partial charge in [-0.2, -0.15) is 0 Å². The number of imidazole rings is 1. The van der Waals surface area contributed by atoms with E-state index in [1.807, 2.05) is 6.33 Å². The number of benzene rings is 1. The van der Waals surface area contributed by atoms with Crippen molar-refractivity contribution in [3.63, 3.8) is 0 Å². The molecule has 24 heavy (non-hydrogen) atoms. The Balaban J connectivity index is 1.80. The molecule has 2 aromatic heterocycles. The van der Waals surface area contributed by atoms with Gasteiger partial charge in [-0.05, 0) is 43.7 Å². The number of aromatic nitrogens is 4. The number of halogens is 1. The summed E-state index contributed by atoms with van der Waals surface area (Å²) in [6.07, 6.45) is 6.46. The van der Waals surface area contributed by atoms with Crippen LogP contribution < -0.4 is 5.73 Å². The van der Waals surface area contributed by atoms with Crippen molar-refractivity contribution in [2.45, 2.75) is 38.6 Å². The molecule has 0 unspecified atom stereocenters. The van der Waals surface area contributed by atoms with Gasteiger partial charge in [0.2, 0.25) is 0 Å². The lowest BCUT2D eigenvalue weighted by molar-refractivity contribution is 0.293. The average Bonchev–Trinajstić information content (AvgIpc) is 3.00. The lowest BCUT2D eigenvalue weighted by atomic mass is 9.87. The van der Waals surface area contributed by atoms with Gasteiger partial charge in [0, 0.05) is 11.6 Å². The third-order valence-corrected chi connectivity index (χ3v) is 4.91. The van der Waals surface area contributed by atoms with Crippen molar-refractivity contribution < 1.29 is 4.39 Å². The first-order chi connectivity index (χ1) is 11.6. The van der Waals surface area contributed by atoms with Crippen LogP contribution in [0.3, 0.4) is 0 Å². The van der Waals surface area contributed by atoms with Crippen LogP contribution >= 0.6 is 0 Å². The van der Waals surface area contributed by atoms with Crippen LogP contribution in [0.5, 0.6) is 0 Å². The van der Waals surface area contributed by atoms with Crippen molar-refractivity contribution in [2.24, 2.45) is 5.92 Å². The van der Waals surface area contributed by atoms with Crippen LogP contribution in [0.1, 0.15) is 38.6 Å². The summed E-state index contributed by atoms with van der Waals surface area (Å²) in [5, 5.41) is 0. The predicted molar refractivity (Wildman–Crippen MR) is 91.8 cm³/mol. The first-order valence-corrected chi connectivity index (χ1v) is 8.38. The van der Waals surface area contributed by atoms with Crippen LogP contribution in [0, 0.1) is 11.7 Å². The van der Waals surface area contributed by atoms with E-state index in [0.717, 1.165) is 24.4 Å². The van der Waals surface area contributed by atoms with Gasteiger partial charge < -0.3 is 10.3 Å². The minimum Gasteiger partial charge on any atom is -0.382 e. The number of hydrogen-bond donors (Lipinski definition) is 1. The Labute approximate surface area is 139 Å². The van der Waals surface area contributed by atoms with Gasteiger partial charge in [0.25, 0.3) is 0 Å². The van der Waals surface area contributed by atoms with E-state index in [1.165, 1.54) is 25.0 Å². The summed E-state index contributed by atoms with van der Waals surface area (Å²) in [5.74, 6) is 1.23. The Hall–Kier alpha value is -2.50. The maximum absolute atomic E-state index is 13.5. The van der Waals surface area contributed by atoms with E-state index in [4.69, 9.17) is 5.73 Å². The van der Waals surface area contributed by atoms with Crippen LogP contribution in [0.25, 0.3) is 22.6 Å². The number of anilines is 1. The predicted octanol–water partition coefficient (Wildman–Crippen LogP) is 3.97. The summed E-state index contributed by atoms with van der Waals surface area (Å²) < 4.78 is 15.6. The molecule has 0 amide bonds. The van der Waals surface area contributed by atoms with Gasteiger partial charge in [0.15, 0.2) is 17.3 Å². The normalized spacial score (nSPS) is 21.2. The standard InChI is InChI=1S/C18H20FN5/c1-11-5-7-14(8-6-11)24-10-21-15-16(20)22-17(23-18(15)24)12-3-2-4-13(19)9-12/h2-4,9-11,14H,5-8H2,1H3,(H2,20,22,23). The van der Waals surface area contributed by atoms with E-state index in [9.17, 15) is 4.39 Å². The summed E-state index contributed by atoms with van der Waals surface area (Å²) in [4.78, 5) is 13.4. The van der Waals surface area contributed by atoms with Crippen molar-refractivity contribution in [3.8, 4) is 11.4 Å². The highest BCUT2D eigenvalue weighted by atomic mass is 19.1. The molecule has 3 aromatic rings. The van der Waals surface area contributed by atoms with Crippen molar-refractivity contribution in [2.75, 3.05) is 5.73 Å². The first-order valence-electron chi connectivity index (χ1n) is 8.38. The van der Waals surface area contributed by atoms with Crippen molar-refractivity contribution in [3.05, 3.63) is 36.4 Å². The number of hydrogen-bond acceptors (Lipinski definition) is 4. The highest BCUT2D eigenvalue weighted by molar-refractivity contribution is 5.83. The SMILES string of the molecule is CC1CCC(n2cnc3c(N)nc(-c4cccc(F)c4)nc32)CC1. The van der Waals surface area contributed by atoms with Crippen LogP contribution in [-0.4, -0.2) is 19.5 Å². The molecule has 1 aliphatic rings. The molecule has 1 saturated carbocycles. The second kappa shape index (κ2) is 5.85. The third kappa shape index (κ3) is 2.62. The molecule has 0 atom stereocenters. The van der Waals surface area contributed by atoms with Gasteiger partial charge in [0.05, 0.1) is 6.33 Å². The van der Waals surface area contributed by atoms with Crippen LogP contribution in [0.4, 0.5) is 10.2 Å². The Bertz CT molecular complexity index is 880. The maximum atomic E-state index is 13.5. The molecule has 2 N–H and O–H groups in total. The molecule has 4 rings (SSSR count). The largest absolute Gasteiger partial charge is 0.382 e. The minimum atomic E-state index is -0.315.